The molecule has 2 aromatic rings. The molecule has 96 valence electrons. The van der Waals surface area contributed by atoms with E-state index in [4.69, 9.17) is 10.5 Å². The number of hydrogen-bond acceptors (Lipinski definition) is 4. The van der Waals surface area contributed by atoms with Crippen LogP contribution >= 0.6 is 11.3 Å². The van der Waals surface area contributed by atoms with Crippen LogP contribution in [0.1, 0.15) is 26.7 Å². The van der Waals surface area contributed by atoms with Crippen LogP contribution in [0.2, 0.25) is 0 Å². The Morgan fingerprint density at radius 3 is 2.78 bits per heavy atom. The van der Waals surface area contributed by atoms with Crippen molar-refractivity contribution >= 4 is 11.3 Å². The van der Waals surface area contributed by atoms with E-state index in [0.29, 0.717) is 13.2 Å². The van der Waals surface area contributed by atoms with Crippen LogP contribution in [-0.4, -0.2) is 12.1 Å². The molecule has 1 heterocycles. The van der Waals surface area contributed by atoms with Gasteiger partial charge in [-0.05, 0) is 18.1 Å². The Balaban J connectivity index is 2.22. The van der Waals surface area contributed by atoms with Gasteiger partial charge in [0.15, 0.2) is 0 Å². The van der Waals surface area contributed by atoms with Gasteiger partial charge in [-0.3, -0.25) is 0 Å². The lowest BCUT2D eigenvalue weighted by Crippen LogP contribution is -1.99. The first kappa shape index (κ1) is 13.2. The molecule has 0 amide bonds. The standard InChI is InChI=1S/C14H18N2OS/c1-10-5-3-4-6-11(10)7-14-16-12(9-17-2)13(8-15)18-14/h3-6H,7-9,15H2,1-2H3. The monoisotopic (exact) mass is 262 g/mol. The van der Waals surface area contributed by atoms with Gasteiger partial charge in [0.25, 0.3) is 0 Å². The Kier molecular flexibility index (Phi) is 4.47. The maximum atomic E-state index is 5.73. The molecule has 3 nitrogen and oxygen atoms in total. The Bertz CT molecular complexity index is 522. The second-order valence-electron chi connectivity index (χ2n) is 4.22. The molecule has 0 fully saturated rings. The molecule has 0 radical (unpaired) electrons. The zero-order valence-corrected chi connectivity index (χ0v) is 11.6. The smallest absolute Gasteiger partial charge is 0.0976 e. The summed E-state index contributed by atoms with van der Waals surface area (Å²) in [6, 6.07) is 8.40. The van der Waals surface area contributed by atoms with Gasteiger partial charge >= 0.3 is 0 Å². The van der Waals surface area contributed by atoms with E-state index in [1.807, 2.05) is 0 Å². The number of benzene rings is 1. The van der Waals surface area contributed by atoms with Gasteiger partial charge in [0.05, 0.1) is 17.3 Å². The molecule has 0 saturated carbocycles. The molecule has 0 aliphatic heterocycles. The first-order chi connectivity index (χ1) is 8.74. The molecular weight excluding hydrogens is 244 g/mol. The van der Waals surface area contributed by atoms with Crippen LogP contribution in [0.4, 0.5) is 0 Å². The largest absolute Gasteiger partial charge is 0.378 e. The van der Waals surface area contributed by atoms with Gasteiger partial charge in [0, 0.05) is 25.0 Å². The van der Waals surface area contributed by atoms with Gasteiger partial charge < -0.3 is 10.5 Å². The predicted octanol–water partition coefficient (Wildman–Crippen LogP) is 2.65. The quantitative estimate of drug-likeness (QED) is 0.901. The fourth-order valence-corrected chi connectivity index (χ4v) is 2.87. The van der Waals surface area contributed by atoms with Crippen molar-refractivity contribution in [1.82, 2.24) is 4.98 Å². The second kappa shape index (κ2) is 6.09. The SMILES string of the molecule is COCc1nc(Cc2ccccc2C)sc1CN. The van der Waals surface area contributed by atoms with Crippen molar-refractivity contribution in [3.8, 4) is 0 Å². The third-order valence-corrected chi connectivity index (χ3v) is 4.01. The molecule has 0 atom stereocenters. The number of thiazole rings is 1. The van der Waals surface area contributed by atoms with Gasteiger partial charge in [-0.25, -0.2) is 4.98 Å². The summed E-state index contributed by atoms with van der Waals surface area (Å²) < 4.78 is 5.15. The van der Waals surface area contributed by atoms with E-state index < -0.39 is 0 Å². The molecule has 0 bridgehead atoms. The molecule has 0 unspecified atom stereocenters. The highest BCUT2D eigenvalue weighted by molar-refractivity contribution is 7.11. The Morgan fingerprint density at radius 1 is 1.33 bits per heavy atom. The molecule has 1 aromatic heterocycles. The van der Waals surface area contributed by atoms with Crippen molar-refractivity contribution < 1.29 is 4.74 Å². The summed E-state index contributed by atoms with van der Waals surface area (Å²) in [5.41, 5.74) is 9.33. The lowest BCUT2D eigenvalue weighted by Gasteiger charge is -2.02. The topological polar surface area (TPSA) is 48.1 Å². The first-order valence-electron chi connectivity index (χ1n) is 5.95. The molecule has 0 aliphatic rings. The van der Waals surface area contributed by atoms with Crippen LogP contribution in [-0.2, 0) is 24.3 Å². The molecule has 0 aliphatic carbocycles. The van der Waals surface area contributed by atoms with Crippen LogP contribution in [0.3, 0.4) is 0 Å². The number of hydrogen-bond donors (Lipinski definition) is 1. The van der Waals surface area contributed by atoms with E-state index >= 15 is 0 Å². The van der Waals surface area contributed by atoms with Crippen molar-refractivity contribution in [2.75, 3.05) is 7.11 Å². The molecule has 4 heteroatoms. The number of aromatic nitrogens is 1. The second-order valence-corrected chi connectivity index (χ2v) is 5.39. The number of aryl methyl sites for hydroxylation is 1. The number of rotatable bonds is 5. The average Bonchev–Trinajstić information content (AvgIpc) is 2.75. The van der Waals surface area contributed by atoms with E-state index in [0.717, 1.165) is 22.0 Å². The van der Waals surface area contributed by atoms with Crippen LogP contribution < -0.4 is 5.73 Å². The van der Waals surface area contributed by atoms with Gasteiger partial charge in [-0.2, -0.15) is 0 Å². The Labute approximate surface area is 112 Å². The van der Waals surface area contributed by atoms with Crippen LogP contribution in [0, 0.1) is 6.92 Å². The minimum Gasteiger partial charge on any atom is -0.378 e. The van der Waals surface area contributed by atoms with Gasteiger partial charge in [-0.15, -0.1) is 11.3 Å². The van der Waals surface area contributed by atoms with Crippen molar-refractivity contribution in [3.05, 3.63) is 51.0 Å². The Morgan fingerprint density at radius 2 is 2.11 bits per heavy atom. The highest BCUT2D eigenvalue weighted by Gasteiger charge is 2.10. The molecule has 2 N–H and O–H groups in total. The van der Waals surface area contributed by atoms with E-state index in [1.54, 1.807) is 18.4 Å². The number of methoxy groups -OCH3 is 1. The lowest BCUT2D eigenvalue weighted by atomic mass is 10.1. The summed E-state index contributed by atoms with van der Waals surface area (Å²) in [4.78, 5) is 5.75. The van der Waals surface area contributed by atoms with Gasteiger partial charge in [0.1, 0.15) is 0 Å². The van der Waals surface area contributed by atoms with E-state index in [9.17, 15) is 0 Å². The van der Waals surface area contributed by atoms with Crippen LogP contribution in [0.5, 0.6) is 0 Å². The first-order valence-corrected chi connectivity index (χ1v) is 6.77. The molecular formula is C14H18N2OS. The minimum atomic E-state index is 0.532. The van der Waals surface area contributed by atoms with Gasteiger partial charge in [-0.1, -0.05) is 24.3 Å². The van der Waals surface area contributed by atoms with Crippen LogP contribution in [0.25, 0.3) is 0 Å². The van der Waals surface area contributed by atoms with Crippen molar-refractivity contribution in [2.45, 2.75) is 26.5 Å². The summed E-state index contributed by atoms with van der Waals surface area (Å²) >= 11 is 1.69. The number of ether oxygens (including phenoxy) is 1. The summed E-state index contributed by atoms with van der Waals surface area (Å²) in [7, 11) is 1.68. The van der Waals surface area contributed by atoms with E-state index in [1.165, 1.54) is 11.1 Å². The predicted molar refractivity (Wildman–Crippen MR) is 74.7 cm³/mol. The summed E-state index contributed by atoms with van der Waals surface area (Å²) in [5, 5.41) is 1.11. The molecule has 0 saturated heterocycles. The van der Waals surface area contributed by atoms with E-state index in [-0.39, 0.29) is 0 Å². The van der Waals surface area contributed by atoms with Crippen LogP contribution in [0.15, 0.2) is 24.3 Å². The number of nitrogens with two attached hydrogens (primary N) is 1. The third-order valence-electron chi connectivity index (χ3n) is 2.89. The van der Waals surface area contributed by atoms with Crippen molar-refractivity contribution in [2.24, 2.45) is 5.73 Å². The highest BCUT2D eigenvalue weighted by Crippen LogP contribution is 2.22. The lowest BCUT2D eigenvalue weighted by molar-refractivity contribution is 0.181. The molecule has 2 rings (SSSR count). The summed E-state index contributed by atoms with van der Waals surface area (Å²) in [6.07, 6.45) is 0.869. The zero-order valence-electron chi connectivity index (χ0n) is 10.8. The zero-order chi connectivity index (χ0) is 13.0. The normalized spacial score (nSPS) is 10.8. The average molecular weight is 262 g/mol. The molecule has 1 aromatic carbocycles. The number of nitrogens with zero attached hydrogens (tertiary/aromatic N) is 1. The maximum absolute atomic E-state index is 5.73. The van der Waals surface area contributed by atoms with Crippen molar-refractivity contribution in [3.63, 3.8) is 0 Å². The maximum Gasteiger partial charge on any atom is 0.0976 e. The minimum absolute atomic E-state index is 0.532. The highest BCUT2D eigenvalue weighted by atomic mass is 32.1. The summed E-state index contributed by atoms with van der Waals surface area (Å²) in [6.45, 7) is 3.20. The molecule has 18 heavy (non-hydrogen) atoms. The fraction of sp³-hybridized carbons (Fsp3) is 0.357. The summed E-state index contributed by atoms with van der Waals surface area (Å²) in [5.74, 6) is 0. The van der Waals surface area contributed by atoms with Gasteiger partial charge in [0.2, 0.25) is 0 Å². The Hall–Kier alpha value is -1.23. The van der Waals surface area contributed by atoms with E-state index in [2.05, 4.69) is 36.2 Å². The molecule has 0 spiro atoms. The fourth-order valence-electron chi connectivity index (χ4n) is 1.89. The van der Waals surface area contributed by atoms with Crippen molar-refractivity contribution in [1.29, 1.82) is 0 Å². The third kappa shape index (κ3) is 2.96.